The number of carbonyl (C=O) groups excluding carboxylic acids is 1. The maximum Gasteiger partial charge on any atom is 0.251 e. The van der Waals surface area contributed by atoms with Crippen molar-refractivity contribution in [2.75, 3.05) is 0 Å². The molecule has 0 aliphatic carbocycles. The smallest absolute Gasteiger partial charge is 0.251 e. The summed E-state index contributed by atoms with van der Waals surface area (Å²) in [4.78, 5) is 19.6. The highest BCUT2D eigenvalue weighted by Gasteiger charge is 2.09. The Bertz CT molecular complexity index is 563. The van der Waals surface area contributed by atoms with Crippen LogP contribution in [0.5, 0.6) is 0 Å². The molecule has 2 rings (SSSR count). The third-order valence-electron chi connectivity index (χ3n) is 2.24. The monoisotopic (exact) mass is 285 g/mol. The Morgan fingerprint density at radius 2 is 2.06 bits per heavy atom. The standard InChI is InChI=1S/C10H9Cl2N5O/c1-17-9(14-5-15-17)4-13-10(18)6-2-7(11)16-8(12)3-6/h2-3,5H,4H2,1H3,(H,13,18). The predicted molar refractivity (Wildman–Crippen MR) is 66.4 cm³/mol. The van der Waals surface area contributed by atoms with E-state index in [1.54, 1.807) is 11.7 Å². The van der Waals surface area contributed by atoms with E-state index in [0.717, 1.165) is 0 Å². The molecular formula is C10H9Cl2N5O. The normalized spacial score (nSPS) is 10.4. The number of hydrogen-bond donors (Lipinski definition) is 1. The number of hydrogen-bond acceptors (Lipinski definition) is 4. The molecule has 0 radical (unpaired) electrons. The molecule has 2 aromatic heterocycles. The lowest BCUT2D eigenvalue weighted by Crippen LogP contribution is -2.24. The largest absolute Gasteiger partial charge is 0.345 e. The Morgan fingerprint density at radius 1 is 1.39 bits per heavy atom. The van der Waals surface area contributed by atoms with E-state index in [1.807, 2.05) is 0 Å². The third kappa shape index (κ3) is 2.96. The minimum Gasteiger partial charge on any atom is -0.345 e. The van der Waals surface area contributed by atoms with Gasteiger partial charge in [-0.15, -0.1) is 0 Å². The molecule has 0 saturated carbocycles. The average molecular weight is 286 g/mol. The van der Waals surface area contributed by atoms with Gasteiger partial charge in [-0.1, -0.05) is 23.2 Å². The molecule has 0 aromatic carbocycles. The highest BCUT2D eigenvalue weighted by Crippen LogP contribution is 2.14. The van der Waals surface area contributed by atoms with Gasteiger partial charge in [0, 0.05) is 12.6 Å². The Morgan fingerprint density at radius 3 is 2.61 bits per heavy atom. The molecule has 0 saturated heterocycles. The van der Waals surface area contributed by atoms with Crippen LogP contribution in [0.1, 0.15) is 16.2 Å². The third-order valence-corrected chi connectivity index (χ3v) is 2.62. The fourth-order valence-electron chi connectivity index (χ4n) is 1.34. The summed E-state index contributed by atoms with van der Waals surface area (Å²) < 4.78 is 1.58. The van der Waals surface area contributed by atoms with Crippen molar-refractivity contribution in [3.05, 3.63) is 40.2 Å². The molecule has 1 amide bonds. The van der Waals surface area contributed by atoms with Crippen LogP contribution in [-0.4, -0.2) is 25.7 Å². The van der Waals surface area contributed by atoms with Gasteiger partial charge in [0.05, 0.1) is 6.54 Å². The Hall–Kier alpha value is -1.66. The predicted octanol–water partition coefficient (Wildman–Crippen LogP) is 1.45. The number of rotatable bonds is 3. The fraction of sp³-hybridized carbons (Fsp3) is 0.200. The molecule has 1 N–H and O–H groups in total. The minimum atomic E-state index is -0.302. The Labute approximate surface area is 113 Å². The second-order valence-electron chi connectivity index (χ2n) is 3.48. The average Bonchev–Trinajstić information content (AvgIpc) is 2.70. The summed E-state index contributed by atoms with van der Waals surface area (Å²) in [6.45, 7) is 0.271. The first kappa shape index (κ1) is 12.8. The van der Waals surface area contributed by atoms with E-state index in [4.69, 9.17) is 23.2 Å². The number of carbonyl (C=O) groups is 1. The van der Waals surface area contributed by atoms with Gasteiger partial charge < -0.3 is 5.32 Å². The first-order valence-electron chi connectivity index (χ1n) is 5.00. The lowest BCUT2D eigenvalue weighted by atomic mass is 10.2. The molecule has 6 nitrogen and oxygen atoms in total. The lowest BCUT2D eigenvalue weighted by Gasteiger charge is -2.05. The van der Waals surface area contributed by atoms with E-state index in [-0.39, 0.29) is 22.8 Å². The number of nitrogens with one attached hydrogen (secondary N) is 1. The van der Waals surface area contributed by atoms with Gasteiger partial charge in [0.2, 0.25) is 0 Å². The Balaban J connectivity index is 2.06. The molecule has 94 valence electrons. The van der Waals surface area contributed by atoms with Crippen molar-refractivity contribution in [2.45, 2.75) is 6.54 Å². The summed E-state index contributed by atoms with van der Waals surface area (Å²) in [5, 5.41) is 6.93. The van der Waals surface area contributed by atoms with Gasteiger partial charge in [0.1, 0.15) is 22.5 Å². The van der Waals surface area contributed by atoms with Crippen LogP contribution in [0.15, 0.2) is 18.5 Å². The zero-order valence-corrected chi connectivity index (χ0v) is 10.9. The Kier molecular flexibility index (Phi) is 3.78. The molecule has 2 aromatic rings. The van der Waals surface area contributed by atoms with Gasteiger partial charge in [-0.05, 0) is 12.1 Å². The number of pyridine rings is 1. The van der Waals surface area contributed by atoms with Gasteiger partial charge in [-0.25, -0.2) is 9.97 Å². The van der Waals surface area contributed by atoms with Crippen molar-refractivity contribution in [1.82, 2.24) is 25.1 Å². The second-order valence-corrected chi connectivity index (χ2v) is 4.26. The van der Waals surface area contributed by atoms with Gasteiger partial charge in [0.15, 0.2) is 0 Å². The van der Waals surface area contributed by atoms with E-state index >= 15 is 0 Å². The summed E-state index contributed by atoms with van der Waals surface area (Å²) in [6.07, 6.45) is 1.42. The lowest BCUT2D eigenvalue weighted by molar-refractivity contribution is 0.0949. The molecule has 8 heteroatoms. The van der Waals surface area contributed by atoms with E-state index in [1.165, 1.54) is 18.5 Å². The van der Waals surface area contributed by atoms with Gasteiger partial charge >= 0.3 is 0 Å². The second kappa shape index (κ2) is 5.32. The molecule has 0 atom stereocenters. The van der Waals surface area contributed by atoms with Crippen LogP contribution in [-0.2, 0) is 13.6 Å². The zero-order valence-electron chi connectivity index (χ0n) is 9.39. The highest BCUT2D eigenvalue weighted by molar-refractivity contribution is 6.33. The van der Waals surface area contributed by atoms with Crippen LogP contribution in [0.4, 0.5) is 0 Å². The van der Waals surface area contributed by atoms with Crippen molar-refractivity contribution in [1.29, 1.82) is 0 Å². The topological polar surface area (TPSA) is 72.7 Å². The van der Waals surface area contributed by atoms with Crippen LogP contribution in [0.2, 0.25) is 10.3 Å². The van der Waals surface area contributed by atoms with Crippen molar-refractivity contribution in [3.8, 4) is 0 Å². The molecule has 0 aliphatic rings. The molecular weight excluding hydrogens is 277 g/mol. The maximum absolute atomic E-state index is 11.8. The van der Waals surface area contributed by atoms with E-state index in [2.05, 4.69) is 20.4 Å². The summed E-state index contributed by atoms with van der Waals surface area (Å²) in [5.74, 6) is 0.346. The summed E-state index contributed by atoms with van der Waals surface area (Å²) in [5.41, 5.74) is 0.349. The van der Waals surface area contributed by atoms with Gasteiger partial charge in [-0.3, -0.25) is 9.48 Å². The van der Waals surface area contributed by atoms with Crippen LogP contribution in [0, 0.1) is 0 Å². The van der Waals surface area contributed by atoms with Crippen molar-refractivity contribution < 1.29 is 4.79 Å². The number of nitrogens with zero attached hydrogens (tertiary/aromatic N) is 4. The molecule has 0 unspecified atom stereocenters. The number of amides is 1. The summed E-state index contributed by atoms with van der Waals surface area (Å²) in [7, 11) is 1.74. The first-order valence-corrected chi connectivity index (χ1v) is 5.76. The molecule has 0 bridgehead atoms. The highest BCUT2D eigenvalue weighted by atomic mass is 35.5. The molecule has 0 spiro atoms. The zero-order chi connectivity index (χ0) is 13.1. The SMILES string of the molecule is Cn1ncnc1CNC(=O)c1cc(Cl)nc(Cl)c1. The molecule has 0 fully saturated rings. The summed E-state index contributed by atoms with van der Waals surface area (Å²) >= 11 is 11.4. The first-order chi connectivity index (χ1) is 8.56. The van der Waals surface area contributed by atoms with Crippen molar-refractivity contribution in [3.63, 3.8) is 0 Å². The molecule has 2 heterocycles. The fourth-order valence-corrected chi connectivity index (χ4v) is 1.80. The van der Waals surface area contributed by atoms with Gasteiger partial charge in [-0.2, -0.15) is 5.10 Å². The number of aromatic nitrogens is 4. The van der Waals surface area contributed by atoms with Crippen LogP contribution >= 0.6 is 23.2 Å². The van der Waals surface area contributed by atoms with Crippen LogP contribution in [0.3, 0.4) is 0 Å². The van der Waals surface area contributed by atoms with E-state index in [0.29, 0.717) is 11.4 Å². The van der Waals surface area contributed by atoms with Crippen LogP contribution < -0.4 is 5.32 Å². The van der Waals surface area contributed by atoms with Crippen molar-refractivity contribution >= 4 is 29.1 Å². The number of aryl methyl sites for hydroxylation is 1. The van der Waals surface area contributed by atoms with E-state index in [9.17, 15) is 4.79 Å². The number of halogens is 2. The quantitative estimate of drug-likeness (QED) is 0.867. The maximum atomic E-state index is 11.8. The minimum absolute atomic E-state index is 0.173. The van der Waals surface area contributed by atoms with Crippen molar-refractivity contribution in [2.24, 2.45) is 7.05 Å². The van der Waals surface area contributed by atoms with Crippen LogP contribution in [0.25, 0.3) is 0 Å². The van der Waals surface area contributed by atoms with Gasteiger partial charge in [0.25, 0.3) is 5.91 Å². The summed E-state index contributed by atoms with van der Waals surface area (Å²) in [6, 6.07) is 2.89. The molecule has 18 heavy (non-hydrogen) atoms. The van der Waals surface area contributed by atoms with E-state index < -0.39 is 0 Å². The molecule has 0 aliphatic heterocycles.